The van der Waals surface area contributed by atoms with Gasteiger partial charge in [-0.15, -0.1) is 0 Å². The molecule has 1 fully saturated rings. The predicted molar refractivity (Wildman–Crippen MR) is 118 cm³/mol. The zero-order valence-electron chi connectivity index (χ0n) is 18.2. The Morgan fingerprint density at radius 3 is 2.47 bits per heavy atom. The zero-order chi connectivity index (χ0) is 24.6. The number of benzene rings is 1. The molecule has 34 heavy (non-hydrogen) atoms. The van der Waals surface area contributed by atoms with Gasteiger partial charge in [0.15, 0.2) is 15.6 Å². The van der Waals surface area contributed by atoms with E-state index in [1.54, 1.807) is 6.07 Å². The third kappa shape index (κ3) is 4.26. The lowest BCUT2D eigenvalue weighted by molar-refractivity contribution is -0.136. The fourth-order valence-corrected chi connectivity index (χ4v) is 4.78. The Balaban J connectivity index is 1.45. The molecule has 1 N–H and O–H groups in total. The minimum atomic E-state index is -3.41. The molecule has 176 valence electrons. The Kier molecular flexibility index (Phi) is 6.13. The summed E-state index contributed by atoms with van der Waals surface area (Å²) < 4.78 is 23.8. The van der Waals surface area contributed by atoms with Gasteiger partial charge in [-0.2, -0.15) is 0 Å². The summed E-state index contributed by atoms with van der Waals surface area (Å²) in [5, 5.41) is 2.15. The molecule has 1 unspecified atom stereocenters. The number of piperidine rings is 1. The lowest BCUT2D eigenvalue weighted by atomic mass is 10.0. The molecule has 0 radical (unpaired) electrons. The first-order valence-electron chi connectivity index (χ1n) is 10.7. The van der Waals surface area contributed by atoms with Gasteiger partial charge >= 0.3 is 0 Å². The summed E-state index contributed by atoms with van der Waals surface area (Å²) in [5.74, 6) is -2.69. The van der Waals surface area contributed by atoms with Crippen molar-refractivity contribution < 1.29 is 32.4 Å². The topological polar surface area (TPSA) is 148 Å². The van der Waals surface area contributed by atoms with Crippen molar-refractivity contribution in [3.63, 3.8) is 0 Å². The Morgan fingerprint density at radius 2 is 1.82 bits per heavy atom. The normalized spacial score (nSPS) is 18.1. The van der Waals surface area contributed by atoms with E-state index in [2.05, 4.69) is 10.3 Å². The number of amides is 4. The smallest absolute Gasteiger partial charge is 0.262 e. The van der Waals surface area contributed by atoms with Crippen molar-refractivity contribution in [3.05, 3.63) is 58.9 Å². The Bertz CT molecular complexity index is 1330. The summed E-state index contributed by atoms with van der Waals surface area (Å²) in [7, 11) is -3.41. The quantitative estimate of drug-likeness (QED) is 0.455. The summed E-state index contributed by atoms with van der Waals surface area (Å²) in [4.78, 5) is 66.6. The molecule has 1 aromatic carbocycles. The van der Waals surface area contributed by atoms with E-state index < -0.39 is 39.5 Å². The van der Waals surface area contributed by atoms with Crippen molar-refractivity contribution in [2.45, 2.75) is 43.5 Å². The SMILES string of the molecule is CCS(=O)(=O)c1ccc(C(=O)CCc2ccc3c(c2)C(=O)N(C2CCC(=O)NC2=O)C3=O)nc1. The van der Waals surface area contributed by atoms with Crippen LogP contribution in [0.1, 0.15) is 63.0 Å². The summed E-state index contributed by atoms with van der Waals surface area (Å²) >= 11 is 0. The molecule has 4 rings (SSSR count). The minimum Gasteiger partial charge on any atom is -0.295 e. The Labute approximate surface area is 195 Å². The van der Waals surface area contributed by atoms with Crippen LogP contribution in [0.3, 0.4) is 0 Å². The first kappa shape index (κ1) is 23.4. The first-order chi connectivity index (χ1) is 16.1. The van der Waals surface area contributed by atoms with E-state index in [-0.39, 0.29) is 58.9 Å². The highest BCUT2D eigenvalue weighted by Crippen LogP contribution is 2.28. The molecule has 0 spiro atoms. The number of imide groups is 2. The average molecular weight is 484 g/mol. The molecule has 0 saturated carbocycles. The maximum atomic E-state index is 12.9. The standard InChI is InChI=1S/C23H21N3O7S/c1-2-34(32,33)14-5-7-17(24-12-14)19(27)9-4-13-3-6-15-16(11-13)23(31)26(22(15)30)18-8-10-20(28)25-21(18)29/h3,5-7,11-12,18H,2,4,8-10H2,1H3,(H,25,28,29). The molecule has 2 aliphatic rings. The number of nitrogens with zero attached hydrogens (tertiary/aromatic N) is 2. The number of aryl methyl sites for hydroxylation is 1. The third-order valence-corrected chi connectivity index (χ3v) is 7.63. The maximum Gasteiger partial charge on any atom is 0.262 e. The van der Waals surface area contributed by atoms with Gasteiger partial charge in [0.05, 0.1) is 21.8 Å². The van der Waals surface area contributed by atoms with Crippen LogP contribution in [0.25, 0.3) is 0 Å². The Morgan fingerprint density at radius 1 is 1.09 bits per heavy atom. The summed E-state index contributed by atoms with van der Waals surface area (Å²) in [6, 6.07) is 6.33. The van der Waals surface area contributed by atoms with Crippen LogP contribution in [0.5, 0.6) is 0 Å². The van der Waals surface area contributed by atoms with Crippen molar-refractivity contribution in [1.82, 2.24) is 15.2 Å². The summed E-state index contributed by atoms with van der Waals surface area (Å²) in [5.41, 5.74) is 1.08. The van der Waals surface area contributed by atoms with Crippen LogP contribution in [0.4, 0.5) is 0 Å². The van der Waals surface area contributed by atoms with Gasteiger partial charge in [0.25, 0.3) is 11.8 Å². The van der Waals surface area contributed by atoms with Crippen LogP contribution in [-0.2, 0) is 25.8 Å². The summed E-state index contributed by atoms with van der Waals surface area (Å²) in [6.45, 7) is 1.52. The van der Waals surface area contributed by atoms with Crippen molar-refractivity contribution in [2.75, 3.05) is 5.75 Å². The van der Waals surface area contributed by atoms with Gasteiger partial charge in [0.2, 0.25) is 11.8 Å². The third-order valence-electron chi connectivity index (χ3n) is 5.91. The number of rotatable bonds is 7. The maximum absolute atomic E-state index is 12.9. The molecule has 2 aliphatic heterocycles. The number of pyridine rings is 1. The van der Waals surface area contributed by atoms with E-state index >= 15 is 0 Å². The Hall–Kier alpha value is -3.73. The summed E-state index contributed by atoms with van der Waals surface area (Å²) in [6.07, 6.45) is 1.60. The number of nitrogens with one attached hydrogen (secondary N) is 1. The van der Waals surface area contributed by atoms with Crippen molar-refractivity contribution in [3.8, 4) is 0 Å². The van der Waals surface area contributed by atoms with E-state index in [1.165, 1.54) is 31.2 Å². The molecule has 2 aromatic rings. The van der Waals surface area contributed by atoms with Crippen LogP contribution < -0.4 is 5.32 Å². The highest BCUT2D eigenvalue weighted by molar-refractivity contribution is 7.91. The van der Waals surface area contributed by atoms with Gasteiger partial charge in [-0.3, -0.25) is 39.2 Å². The second-order valence-corrected chi connectivity index (χ2v) is 10.3. The molecule has 0 bridgehead atoms. The number of carbonyl (C=O) groups excluding carboxylic acids is 5. The van der Waals surface area contributed by atoms with Crippen LogP contribution >= 0.6 is 0 Å². The largest absolute Gasteiger partial charge is 0.295 e. The van der Waals surface area contributed by atoms with Gasteiger partial charge in [0, 0.05) is 19.0 Å². The van der Waals surface area contributed by atoms with Crippen molar-refractivity contribution in [2.24, 2.45) is 0 Å². The van der Waals surface area contributed by atoms with E-state index in [0.29, 0.717) is 5.56 Å². The van der Waals surface area contributed by atoms with Crippen LogP contribution in [0, 0.1) is 0 Å². The van der Waals surface area contributed by atoms with Gasteiger partial charge in [-0.05, 0) is 42.7 Å². The van der Waals surface area contributed by atoms with Crippen LogP contribution in [-0.4, -0.2) is 59.5 Å². The number of hydrogen-bond acceptors (Lipinski definition) is 8. The fourth-order valence-electron chi connectivity index (χ4n) is 3.96. The second kappa shape index (κ2) is 8.90. The first-order valence-corrected chi connectivity index (χ1v) is 12.3. The number of fused-ring (bicyclic) bond motifs is 1. The predicted octanol–water partition coefficient (Wildman–Crippen LogP) is 1.09. The molecular formula is C23H21N3O7S. The number of aromatic nitrogens is 1. The number of ketones is 1. The number of carbonyl (C=O) groups is 5. The fraction of sp³-hybridized carbons (Fsp3) is 0.304. The van der Waals surface area contributed by atoms with E-state index in [0.717, 1.165) is 11.1 Å². The van der Waals surface area contributed by atoms with E-state index in [1.807, 2.05) is 0 Å². The molecule has 0 aliphatic carbocycles. The lowest BCUT2D eigenvalue weighted by Gasteiger charge is -2.27. The molecule has 10 nitrogen and oxygen atoms in total. The molecule has 4 amide bonds. The molecular weight excluding hydrogens is 462 g/mol. The number of hydrogen-bond donors (Lipinski definition) is 1. The molecule has 1 atom stereocenters. The molecule has 3 heterocycles. The highest BCUT2D eigenvalue weighted by atomic mass is 32.2. The zero-order valence-corrected chi connectivity index (χ0v) is 19.1. The van der Waals surface area contributed by atoms with Crippen LogP contribution in [0.15, 0.2) is 41.4 Å². The van der Waals surface area contributed by atoms with Gasteiger partial charge in [-0.25, -0.2) is 8.42 Å². The van der Waals surface area contributed by atoms with E-state index in [4.69, 9.17) is 0 Å². The number of Topliss-reactive ketones (excluding diaryl/α,β-unsaturated/α-hetero) is 1. The number of sulfone groups is 1. The second-order valence-electron chi connectivity index (χ2n) is 8.03. The van der Waals surface area contributed by atoms with Gasteiger partial charge in [0.1, 0.15) is 11.7 Å². The van der Waals surface area contributed by atoms with Crippen LogP contribution in [0.2, 0.25) is 0 Å². The highest BCUT2D eigenvalue weighted by Gasteiger charge is 2.44. The van der Waals surface area contributed by atoms with E-state index in [9.17, 15) is 32.4 Å². The average Bonchev–Trinajstić information content (AvgIpc) is 3.07. The lowest BCUT2D eigenvalue weighted by Crippen LogP contribution is -2.54. The van der Waals surface area contributed by atoms with Crippen molar-refractivity contribution in [1.29, 1.82) is 0 Å². The van der Waals surface area contributed by atoms with Crippen molar-refractivity contribution >= 4 is 39.2 Å². The minimum absolute atomic E-state index is 0.0383. The monoisotopic (exact) mass is 483 g/mol. The van der Waals surface area contributed by atoms with Gasteiger partial charge in [-0.1, -0.05) is 13.0 Å². The van der Waals surface area contributed by atoms with Gasteiger partial charge < -0.3 is 0 Å². The molecule has 1 aromatic heterocycles. The molecule has 11 heteroatoms. The molecule has 1 saturated heterocycles.